The standard InChI is InChI=1S/C20H22FN3O3S/c1-14(25)23(9-10-27-2)13-20(26)24-18(15-5-7-16(21)8-6-15)12-17(22-24)19-4-3-11-28-19/h3-8,11,18H,9-10,12-13H2,1-2H3/t18-/m0/s1. The number of nitrogens with zero attached hydrogens (tertiary/aromatic N) is 3. The molecule has 148 valence electrons. The lowest BCUT2D eigenvalue weighted by Crippen LogP contribution is -2.41. The number of hydrazone groups is 1. The Kier molecular flexibility index (Phi) is 6.53. The van der Waals surface area contributed by atoms with E-state index in [9.17, 15) is 14.0 Å². The number of halogens is 1. The van der Waals surface area contributed by atoms with Crippen LogP contribution >= 0.6 is 11.3 Å². The molecule has 6 nitrogen and oxygen atoms in total. The van der Waals surface area contributed by atoms with Gasteiger partial charge in [-0.05, 0) is 29.1 Å². The van der Waals surface area contributed by atoms with Gasteiger partial charge >= 0.3 is 0 Å². The third-order valence-electron chi connectivity index (χ3n) is 4.56. The highest BCUT2D eigenvalue weighted by molar-refractivity contribution is 7.12. The molecule has 0 radical (unpaired) electrons. The molecule has 1 aliphatic rings. The fourth-order valence-electron chi connectivity index (χ4n) is 3.06. The third kappa shape index (κ3) is 4.63. The van der Waals surface area contributed by atoms with Crippen molar-refractivity contribution in [3.63, 3.8) is 0 Å². The van der Waals surface area contributed by atoms with Crippen molar-refractivity contribution < 1.29 is 18.7 Å². The Hall–Kier alpha value is -2.58. The molecule has 0 N–H and O–H groups in total. The zero-order chi connectivity index (χ0) is 20.1. The first-order valence-corrected chi connectivity index (χ1v) is 9.81. The largest absolute Gasteiger partial charge is 0.383 e. The van der Waals surface area contributed by atoms with Crippen molar-refractivity contribution in [2.24, 2.45) is 5.10 Å². The van der Waals surface area contributed by atoms with Crippen molar-refractivity contribution in [1.29, 1.82) is 0 Å². The monoisotopic (exact) mass is 403 g/mol. The third-order valence-corrected chi connectivity index (χ3v) is 5.48. The van der Waals surface area contributed by atoms with E-state index in [-0.39, 0.29) is 30.2 Å². The summed E-state index contributed by atoms with van der Waals surface area (Å²) in [5, 5.41) is 7.93. The van der Waals surface area contributed by atoms with E-state index in [1.165, 1.54) is 29.0 Å². The number of benzene rings is 1. The minimum atomic E-state index is -0.332. The summed E-state index contributed by atoms with van der Waals surface area (Å²) in [5.74, 6) is -0.820. The number of carbonyl (C=O) groups excluding carboxylic acids is 2. The van der Waals surface area contributed by atoms with Gasteiger partial charge in [0, 0.05) is 27.0 Å². The van der Waals surface area contributed by atoms with Gasteiger partial charge in [-0.2, -0.15) is 5.10 Å². The molecule has 0 unspecified atom stereocenters. The van der Waals surface area contributed by atoms with E-state index < -0.39 is 0 Å². The minimum Gasteiger partial charge on any atom is -0.383 e. The summed E-state index contributed by atoms with van der Waals surface area (Å²) < 4.78 is 18.4. The molecule has 2 aromatic rings. The number of amides is 2. The topological polar surface area (TPSA) is 62.2 Å². The average molecular weight is 403 g/mol. The first-order valence-electron chi connectivity index (χ1n) is 8.93. The number of hydrogen-bond acceptors (Lipinski definition) is 5. The van der Waals surface area contributed by atoms with Crippen LogP contribution < -0.4 is 0 Å². The summed E-state index contributed by atoms with van der Waals surface area (Å²) in [4.78, 5) is 27.3. The maximum absolute atomic E-state index is 13.3. The Labute approximate surface area is 167 Å². The van der Waals surface area contributed by atoms with Crippen molar-refractivity contribution >= 4 is 28.9 Å². The van der Waals surface area contributed by atoms with Crippen LogP contribution in [0.5, 0.6) is 0 Å². The van der Waals surface area contributed by atoms with E-state index in [4.69, 9.17) is 4.74 Å². The molecule has 3 rings (SSSR count). The number of carbonyl (C=O) groups is 2. The van der Waals surface area contributed by atoms with E-state index in [0.717, 1.165) is 16.2 Å². The van der Waals surface area contributed by atoms with Gasteiger partial charge in [0.05, 0.1) is 23.2 Å². The lowest BCUT2D eigenvalue weighted by molar-refractivity contribution is -0.141. The molecule has 1 aliphatic heterocycles. The molecule has 0 saturated carbocycles. The molecule has 0 aliphatic carbocycles. The number of hydrogen-bond donors (Lipinski definition) is 0. The molecule has 0 bridgehead atoms. The number of ether oxygens (including phenoxy) is 1. The van der Waals surface area contributed by atoms with Crippen molar-refractivity contribution in [1.82, 2.24) is 9.91 Å². The second-order valence-corrected chi connectivity index (χ2v) is 7.41. The van der Waals surface area contributed by atoms with Crippen LogP contribution in [0.15, 0.2) is 46.9 Å². The van der Waals surface area contributed by atoms with Crippen LogP contribution in [0.2, 0.25) is 0 Å². The molecule has 1 aromatic carbocycles. The van der Waals surface area contributed by atoms with Crippen LogP contribution in [0.25, 0.3) is 0 Å². The first-order chi connectivity index (χ1) is 13.5. The highest BCUT2D eigenvalue weighted by Gasteiger charge is 2.34. The predicted molar refractivity (Wildman–Crippen MR) is 106 cm³/mol. The van der Waals surface area contributed by atoms with Crippen molar-refractivity contribution in [3.8, 4) is 0 Å². The van der Waals surface area contributed by atoms with Gasteiger partial charge in [-0.3, -0.25) is 9.59 Å². The fraction of sp³-hybridized carbons (Fsp3) is 0.350. The van der Waals surface area contributed by atoms with Gasteiger partial charge in [-0.1, -0.05) is 18.2 Å². The molecule has 0 spiro atoms. The number of thiophene rings is 1. The second kappa shape index (κ2) is 9.07. The molecule has 1 atom stereocenters. The number of rotatable bonds is 7. The van der Waals surface area contributed by atoms with Crippen LogP contribution in [0.4, 0.5) is 4.39 Å². The Morgan fingerprint density at radius 1 is 1.32 bits per heavy atom. The summed E-state index contributed by atoms with van der Waals surface area (Å²) in [7, 11) is 1.54. The summed E-state index contributed by atoms with van der Waals surface area (Å²) in [6.45, 7) is 2.01. The molecule has 8 heteroatoms. The molecule has 2 heterocycles. The highest BCUT2D eigenvalue weighted by atomic mass is 32.1. The number of methoxy groups -OCH3 is 1. The minimum absolute atomic E-state index is 0.0857. The average Bonchev–Trinajstić information content (AvgIpc) is 3.35. The lowest BCUT2D eigenvalue weighted by atomic mass is 10.0. The van der Waals surface area contributed by atoms with Crippen LogP contribution in [-0.2, 0) is 14.3 Å². The van der Waals surface area contributed by atoms with Gasteiger partial charge in [-0.15, -0.1) is 11.3 Å². The molecule has 28 heavy (non-hydrogen) atoms. The van der Waals surface area contributed by atoms with Crippen LogP contribution in [0.3, 0.4) is 0 Å². The molecule has 0 saturated heterocycles. The Balaban J connectivity index is 1.85. The fourth-order valence-corrected chi connectivity index (χ4v) is 3.78. The predicted octanol–water partition coefficient (Wildman–Crippen LogP) is 3.06. The van der Waals surface area contributed by atoms with E-state index >= 15 is 0 Å². The Morgan fingerprint density at radius 2 is 2.07 bits per heavy atom. The van der Waals surface area contributed by atoms with Crippen LogP contribution in [0, 0.1) is 5.82 Å². The summed E-state index contributed by atoms with van der Waals surface area (Å²) in [5.41, 5.74) is 1.61. The maximum atomic E-state index is 13.3. The van der Waals surface area contributed by atoms with Crippen LogP contribution in [0.1, 0.15) is 29.8 Å². The maximum Gasteiger partial charge on any atom is 0.262 e. The van der Waals surface area contributed by atoms with Gasteiger partial charge in [0.15, 0.2) is 0 Å². The van der Waals surface area contributed by atoms with E-state index in [1.807, 2.05) is 17.5 Å². The highest BCUT2D eigenvalue weighted by Crippen LogP contribution is 2.34. The quantitative estimate of drug-likeness (QED) is 0.714. The normalized spacial score (nSPS) is 16.2. The van der Waals surface area contributed by atoms with Crippen molar-refractivity contribution in [2.75, 3.05) is 26.8 Å². The van der Waals surface area contributed by atoms with E-state index in [0.29, 0.717) is 19.6 Å². The van der Waals surface area contributed by atoms with Gasteiger partial charge in [0.1, 0.15) is 12.4 Å². The Morgan fingerprint density at radius 3 is 2.68 bits per heavy atom. The van der Waals surface area contributed by atoms with E-state index in [2.05, 4.69) is 5.10 Å². The second-order valence-electron chi connectivity index (χ2n) is 6.47. The zero-order valence-electron chi connectivity index (χ0n) is 15.8. The molecule has 1 aromatic heterocycles. The molecule has 0 fully saturated rings. The lowest BCUT2D eigenvalue weighted by Gasteiger charge is -2.26. The van der Waals surface area contributed by atoms with Crippen LogP contribution in [-0.4, -0.2) is 54.2 Å². The summed E-state index contributed by atoms with van der Waals surface area (Å²) in [6.07, 6.45) is 0.538. The SMILES string of the molecule is COCCN(CC(=O)N1N=C(c2cccs2)C[C@H]1c1ccc(F)cc1)C(C)=O. The molecular formula is C20H22FN3O3S. The Bertz CT molecular complexity index is 852. The smallest absolute Gasteiger partial charge is 0.262 e. The summed E-state index contributed by atoms with van der Waals surface area (Å²) >= 11 is 1.55. The van der Waals surface area contributed by atoms with Crippen molar-refractivity contribution in [3.05, 3.63) is 58.0 Å². The van der Waals surface area contributed by atoms with E-state index in [1.54, 1.807) is 30.6 Å². The molecular weight excluding hydrogens is 381 g/mol. The summed E-state index contributed by atoms with van der Waals surface area (Å²) in [6, 6.07) is 9.65. The van der Waals surface area contributed by atoms with Gasteiger partial charge < -0.3 is 9.64 Å². The van der Waals surface area contributed by atoms with Crippen molar-refractivity contribution in [2.45, 2.75) is 19.4 Å². The van der Waals surface area contributed by atoms with Gasteiger partial charge in [-0.25, -0.2) is 9.40 Å². The van der Waals surface area contributed by atoms with Gasteiger partial charge in [0.2, 0.25) is 5.91 Å². The van der Waals surface area contributed by atoms with Gasteiger partial charge in [0.25, 0.3) is 5.91 Å². The zero-order valence-corrected chi connectivity index (χ0v) is 16.6. The molecule has 2 amide bonds. The first kappa shape index (κ1) is 20.2.